The van der Waals surface area contributed by atoms with E-state index in [1.807, 2.05) is 22.7 Å². The van der Waals surface area contributed by atoms with Crippen molar-refractivity contribution < 1.29 is 0 Å². The fraction of sp³-hybridized carbons (Fsp3) is 0.222. The molecule has 2 aromatic heterocycles. The SMILES string of the molecule is CCCc1ccccc1NC(c1cccs1)c1cccs1. The number of para-hydroxylation sites is 1. The van der Waals surface area contributed by atoms with Crippen molar-refractivity contribution in [3.8, 4) is 0 Å². The average Bonchev–Trinajstić information content (AvgIpc) is 3.20. The van der Waals surface area contributed by atoms with Gasteiger partial charge in [-0.15, -0.1) is 22.7 Å². The second kappa shape index (κ2) is 6.92. The average molecular weight is 313 g/mol. The maximum Gasteiger partial charge on any atom is 0.0953 e. The van der Waals surface area contributed by atoms with Crippen LogP contribution < -0.4 is 5.32 Å². The molecule has 0 amide bonds. The van der Waals surface area contributed by atoms with Crippen molar-refractivity contribution in [2.75, 3.05) is 5.32 Å². The third-order valence-electron chi connectivity index (χ3n) is 3.49. The van der Waals surface area contributed by atoms with Gasteiger partial charge < -0.3 is 5.32 Å². The minimum atomic E-state index is 0.253. The third-order valence-corrected chi connectivity index (χ3v) is 5.37. The molecule has 3 aromatic rings. The van der Waals surface area contributed by atoms with Crippen molar-refractivity contribution in [3.05, 3.63) is 74.6 Å². The third kappa shape index (κ3) is 3.36. The van der Waals surface area contributed by atoms with Crippen LogP contribution in [0.5, 0.6) is 0 Å². The summed E-state index contributed by atoms with van der Waals surface area (Å²) in [5.74, 6) is 0. The number of nitrogens with one attached hydrogen (secondary N) is 1. The van der Waals surface area contributed by atoms with E-state index in [0.29, 0.717) is 0 Å². The summed E-state index contributed by atoms with van der Waals surface area (Å²) in [6, 6.07) is 17.6. The second-order valence-corrected chi connectivity index (χ2v) is 6.97. The summed E-state index contributed by atoms with van der Waals surface area (Å²) in [5.41, 5.74) is 2.66. The van der Waals surface area contributed by atoms with Crippen molar-refractivity contribution in [3.63, 3.8) is 0 Å². The molecule has 0 unspecified atom stereocenters. The Morgan fingerprint density at radius 3 is 2.14 bits per heavy atom. The minimum absolute atomic E-state index is 0.253. The Balaban J connectivity index is 1.92. The Labute approximate surface area is 134 Å². The summed E-state index contributed by atoms with van der Waals surface area (Å²) < 4.78 is 0. The molecule has 0 atom stereocenters. The maximum atomic E-state index is 3.76. The summed E-state index contributed by atoms with van der Waals surface area (Å²) in [6.07, 6.45) is 2.28. The lowest BCUT2D eigenvalue weighted by Gasteiger charge is -2.20. The summed E-state index contributed by atoms with van der Waals surface area (Å²) in [4.78, 5) is 2.73. The van der Waals surface area contributed by atoms with Gasteiger partial charge >= 0.3 is 0 Å². The van der Waals surface area contributed by atoms with Crippen molar-refractivity contribution in [1.29, 1.82) is 0 Å². The Bertz CT molecular complexity index is 622. The van der Waals surface area contributed by atoms with Crippen LogP contribution in [0.25, 0.3) is 0 Å². The Morgan fingerprint density at radius 1 is 0.905 bits per heavy atom. The van der Waals surface area contributed by atoms with Crippen molar-refractivity contribution in [2.24, 2.45) is 0 Å². The molecule has 0 bridgehead atoms. The molecule has 108 valence electrons. The lowest BCUT2D eigenvalue weighted by atomic mass is 10.1. The number of rotatable bonds is 6. The Hall–Kier alpha value is -1.58. The van der Waals surface area contributed by atoms with E-state index in [1.54, 1.807) is 0 Å². The molecule has 1 nitrogen and oxygen atoms in total. The zero-order valence-electron chi connectivity index (χ0n) is 12.1. The zero-order chi connectivity index (χ0) is 14.5. The van der Waals surface area contributed by atoms with E-state index in [0.717, 1.165) is 6.42 Å². The fourth-order valence-electron chi connectivity index (χ4n) is 2.50. The molecule has 0 aliphatic rings. The first-order valence-corrected chi connectivity index (χ1v) is 9.05. The molecule has 2 heterocycles. The summed E-state index contributed by atoms with van der Waals surface area (Å²) >= 11 is 3.62. The van der Waals surface area contributed by atoms with Gasteiger partial charge in [-0.2, -0.15) is 0 Å². The normalized spacial score (nSPS) is 11.0. The van der Waals surface area contributed by atoms with Crippen LogP contribution in [0.4, 0.5) is 5.69 Å². The molecule has 0 spiro atoms. The second-order valence-electron chi connectivity index (χ2n) is 5.02. The molecule has 0 saturated heterocycles. The lowest BCUT2D eigenvalue weighted by Crippen LogP contribution is -2.11. The van der Waals surface area contributed by atoms with Crippen molar-refractivity contribution >= 4 is 28.4 Å². The highest BCUT2D eigenvalue weighted by Crippen LogP contribution is 2.33. The topological polar surface area (TPSA) is 12.0 Å². The van der Waals surface area contributed by atoms with Crippen LogP contribution in [0.15, 0.2) is 59.3 Å². The molecule has 0 aliphatic carbocycles. The van der Waals surface area contributed by atoms with Crippen LogP contribution in [0.2, 0.25) is 0 Å². The molecule has 0 radical (unpaired) electrons. The molecule has 21 heavy (non-hydrogen) atoms. The quantitative estimate of drug-likeness (QED) is 0.591. The molecule has 0 fully saturated rings. The summed E-state index contributed by atoms with van der Waals surface area (Å²) in [5, 5.41) is 8.05. The monoisotopic (exact) mass is 313 g/mol. The van der Waals surface area contributed by atoms with E-state index >= 15 is 0 Å². The van der Waals surface area contributed by atoms with Gasteiger partial charge in [0.1, 0.15) is 0 Å². The van der Waals surface area contributed by atoms with Gasteiger partial charge in [0.25, 0.3) is 0 Å². The van der Waals surface area contributed by atoms with Crippen LogP contribution in [0.1, 0.15) is 34.7 Å². The van der Waals surface area contributed by atoms with Gasteiger partial charge in [0, 0.05) is 15.4 Å². The van der Waals surface area contributed by atoms with Gasteiger partial charge in [-0.05, 0) is 40.9 Å². The van der Waals surface area contributed by atoms with Gasteiger partial charge in [-0.25, -0.2) is 0 Å². The Morgan fingerprint density at radius 2 is 1.57 bits per heavy atom. The van der Waals surface area contributed by atoms with Crippen LogP contribution in [0, 0.1) is 0 Å². The first kappa shape index (κ1) is 14.4. The van der Waals surface area contributed by atoms with Crippen molar-refractivity contribution in [2.45, 2.75) is 25.8 Å². The van der Waals surface area contributed by atoms with Gasteiger partial charge in [0.2, 0.25) is 0 Å². The number of aryl methyl sites for hydroxylation is 1. The molecular weight excluding hydrogens is 294 g/mol. The molecule has 0 aliphatic heterocycles. The molecule has 1 aromatic carbocycles. The summed E-state index contributed by atoms with van der Waals surface area (Å²) in [6.45, 7) is 2.23. The van der Waals surface area contributed by atoms with E-state index in [1.165, 1.54) is 27.4 Å². The van der Waals surface area contributed by atoms with Crippen LogP contribution in [-0.2, 0) is 6.42 Å². The van der Waals surface area contributed by atoms with Gasteiger partial charge in [0.05, 0.1) is 6.04 Å². The predicted molar refractivity (Wildman–Crippen MR) is 94.5 cm³/mol. The van der Waals surface area contributed by atoms with E-state index in [4.69, 9.17) is 0 Å². The van der Waals surface area contributed by atoms with Crippen LogP contribution >= 0.6 is 22.7 Å². The highest BCUT2D eigenvalue weighted by Gasteiger charge is 2.17. The molecule has 3 rings (SSSR count). The Kier molecular flexibility index (Phi) is 4.73. The van der Waals surface area contributed by atoms with Crippen LogP contribution in [-0.4, -0.2) is 0 Å². The fourth-order valence-corrected chi connectivity index (χ4v) is 4.16. The molecule has 3 heteroatoms. The van der Waals surface area contributed by atoms with Gasteiger partial charge in [0.15, 0.2) is 0 Å². The molecule has 1 N–H and O–H groups in total. The number of anilines is 1. The lowest BCUT2D eigenvalue weighted by molar-refractivity contribution is 0.910. The van der Waals surface area contributed by atoms with E-state index in [2.05, 4.69) is 71.5 Å². The first-order valence-electron chi connectivity index (χ1n) is 7.29. The highest BCUT2D eigenvalue weighted by atomic mass is 32.1. The van der Waals surface area contributed by atoms with Crippen LogP contribution in [0.3, 0.4) is 0 Å². The minimum Gasteiger partial charge on any atom is -0.373 e. The van der Waals surface area contributed by atoms with E-state index in [9.17, 15) is 0 Å². The number of hydrogen-bond acceptors (Lipinski definition) is 3. The van der Waals surface area contributed by atoms with Gasteiger partial charge in [-0.1, -0.05) is 43.7 Å². The summed E-state index contributed by atoms with van der Waals surface area (Å²) in [7, 11) is 0. The molecule has 0 saturated carbocycles. The van der Waals surface area contributed by atoms with E-state index in [-0.39, 0.29) is 6.04 Å². The predicted octanol–water partition coefficient (Wildman–Crippen LogP) is 5.96. The largest absolute Gasteiger partial charge is 0.373 e. The van der Waals surface area contributed by atoms with E-state index < -0.39 is 0 Å². The number of thiophene rings is 2. The maximum absolute atomic E-state index is 3.76. The first-order chi connectivity index (χ1) is 10.4. The molecular formula is C18H19NS2. The highest BCUT2D eigenvalue weighted by molar-refractivity contribution is 7.11. The number of hydrogen-bond donors (Lipinski definition) is 1. The standard InChI is InChI=1S/C18H19NS2/c1-2-7-14-8-3-4-9-15(14)19-18(16-10-5-12-20-16)17-11-6-13-21-17/h3-6,8-13,18-19H,2,7H2,1H3. The number of benzene rings is 1. The van der Waals surface area contributed by atoms with Crippen molar-refractivity contribution in [1.82, 2.24) is 0 Å². The van der Waals surface area contributed by atoms with Gasteiger partial charge in [-0.3, -0.25) is 0 Å². The zero-order valence-corrected chi connectivity index (χ0v) is 13.7. The smallest absolute Gasteiger partial charge is 0.0953 e.